The zero-order valence-electron chi connectivity index (χ0n) is 8.55. The van der Waals surface area contributed by atoms with Gasteiger partial charge in [-0.25, -0.2) is 0 Å². The molecule has 5 heteroatoms. The second-order valence-electron chi connectivity index (χ2n) is 3.46. The maximum absolute atomic E-state index is 10.8. The quantitative estimate of drug-likeness (QED) is 0.877. The van der Waals surface area contributed by atoms with Gasteiger partial charge < -0.3 is 11.5 Å². The Balaban J connectivity index is 2.16. The minimum Gasteiger partial charge on any atom is -0.370 e. The van der Waals surface area contributed by atoms with Gasteiger partial charge in [-0.2, -0.15) is 0 Å². The topological polar surface area (TPSA) is 69.1 Å². The van der Waals surface area contributed by atoms with E-state index in [4.69, 9.17) is 11.5 Å². The van der Waals surface area contributed by atoms with Crippen LogP contribution in [-0.2, 0) is 4.79 Å². The lowest BCUT2D eigenvalue weighted by Crippen LogP contribution is -2.19. The van der Waals surface area contributed by atoms with E-state index in [-0.39, 0.29) is 18.4 Å². The average Bonchev–Trinajstić information content (AvgIpc) is 2.87. The van der Waals surface area contributed by atoms with Crippen LogP contribution in [-0.4, -0.2) is 5.91 Å². The molecule has 2 aromatic rings. The summed E-state index contributed by atoms with van der Waals surface area (Å²) in [5.41, 5.74) is 11.0. The number of hydrogen-bond acceptors (Lipinski definition) is 4. The molecule has 0 bridgehead atoms. The van der Waals surface area contributed by atoms with E-state index in [9.17, 15) is 4.79 Å². The van der Waals surface area contributed by atoms with Crippen molar-refractivity contribution >= 4 is 28.6 Å². The van der Waals surface area contributed by atoms with Crippen molar-refractivity contribution in [2.75, 3.05) is 0 Å². The van der Waals surface area contributed by atoms with E-state index in [1.807, 2.05) is 23.6 Å². The second-order valence-corrected chi connectivity index (χ2v) is 5.52. The van der Waals surface area contributed by atoms with Gasteiger partial charge in [0.1, 0.15) is 0 Å². The van der Waals surface area contributed by atoms with E-state index in [1.54, 1.807) is 22.7 Å². The highest BCUT2D eigenvalue weighted by molar-refractivity contribution is 7.21. The maximum atomic E-state index is 10.8. The molecule has 1 atom stereocenters. The third-order valence-corrected chi connectivity index (χ3v) is 4.46. The van der Waals surface area contributed by atoms with Crippen molar-refractivity contribution < 1.29 is 4.79 Å². The number of carbonyl (C=O) groups is 1. The zero-order valence-corrected chi connectivity index (χ0v) is 10.2. The molecular formula is C11H12N2OS2. The predicted molar refractivity (Wildman–Crippen MR) is 68.4 cm³/mol. The minimum atomic E-state index is -0.362. The van der Waals surface area contributed by atoms with Gasteiger partial charge in [0.05, 0.1) is 0 Å². The highest BCUT2D eigenvalue weighted by Gasteiger charge is 2.12. The van der Waals surface area contributed by atoms with Crippen LogP contribution >= 0.6 is 22.7 Å². The first-order chi connectivity index (χ1) is 7.66. The Kier molecular flexibility index (Phi) is 3.38. The van der Waals surface area contributed by atoms with Crippen molar-refractivity contribution in [1.82, 2.24) is 0 Å². The average molecular weight is 252 g/mol. The fourth-order valence-corrected chi connectivity index (χ4v) is 3.26. The smallest absolute Gasteiger partial charge is 0.219 e. The maximum Gasteiger partial charge on any atom is 0.219 e. The van der Waals surface area contributed by atoms with E-state index in [0.717, 1.165) is 4.88 Å². The Hall–Kier alpha value is -1.17. The van der Waals surface area contributed by atoms with Crippen molar-refractivity contribution in [2.45, 2.75) is 12.5 Å². The molecule has 0 radical (unpaired) electrons. The zero-order chi connectivity index (χ0) is 11.5. The van der Waals surface area contributed by atoms with E-state index < -0.39 is 0 Å². The summed E-state index contributed by atoms with van der Waals surface area (Å²) in [7, 11) is 0. The number of amides is 1. The number of primary amides is 1. The molecule has 0 aliphatic rings. The molecule has 0 saturated carbocycles. The van der Waals surface area contributed by atoms with Gasteiger partial charge >= 0.3 is 0 Å². The van der Waals surface area contributed by atoms with Crippen LogP contribution < -0.4 is 11.5 Å². The largest absolute Gasteiger partial charge is 0.370 e. The lowest BCUT2D eigenvalue weighted by Gasteiger charge is -2.05. The van der Waals surface area contributed by atoms with Crippen molar-refractivity contribution in [3.8, 4) is 9.75 Å². The molecule has 2 heterocycles. The third-order valence-electron chi connectivity index (χ3n) is 2.18. The van der Waals surface area contributed by atoms with Crippen molar-refractivity contribution in [3.05, 3.63) is 34.5 Å². The first kappa shape index (κ1) is 11.3. The summed E-state index contributed by atoms with van der Waals surface area (Å²) in [5.74, 6) is -0.362. The molecule has 2 rings (SSSR count). The van der Waals surface area contributed by atoms with E-state index >= 15 is 0 Å². The van der Waals surface area contributed by atoms with Crippen LogP contribution in [0.3, 0.4) is 0 Å². The van der Waals surface area contributed by atoms with Crippen molar-refractivity contribution in [1.29, 1.82) is 0 Å². The normalized spacial score (nSPS) is 12.6. The van der Waals surface area contributed by atoms with Gasteiger partial charge in [0.2, 0.25) is 5.91 Å². The summed E-state index contributed by atoms with van der Waals surface area (Å²) in [5, 5.41) is 2.04. The van der Waals surface area contributed by atoms with Crippen LogP contribution in [0.5, 0.6) is 0 Å². The highest BCUT2D eigenvalue weighted by atomic mass is 32.1. The monoisotopic (exact) mass is 252 g/mol. The first-order valence-electron chi connectivity index (χ1n) is 4.84. The first-order valence-corrected chi connectivity index (χ1v) is 6.54. The van der Waals surface area contributed by atoms with E-state index in [0.29, 0.717) is 0 Å². The molecular weight excluding hydrogens is 240 g/mol. The molecule has 0 aromatic carbocycles. The molecule has 0 spiro atoms. The Bertz CT molecular complexity index is 476. The Morgan fingerprint density at radius 1 is 1.31 bits per heavy atom. The minimum absolute atomic E-state index is 0.199. The Labute approximate surface area is 102 Å². The lowest BCUT2D eigenvalue weighted by atomic mass is 10.2. The number of carbonyl (C=O) groups excluding carboxylic acids is 1. The van der Waals surface area contributed by atoms with E-state index in [1.165, 1.54) is 9.75 Å². The SMILES string of the molecule is NC(=O)CC(N)c1ccc(-c2cccs2)s1. The van der Waals surface area contributed by atoms with E-state index in [2.05, 4.69) is 6.07 Å². The van der Waals surface area contributed by atoms with Crippen LogP contribution in [0.2, 0.25) is 0 Å². The van der Waals surface area contributed by atoms with Gasteiger partial charge in [-0.3, -0.25) is 4.79 Å². The van der Waals surface area contributed by atoms with Crippen LogP contribution in [0.15, 0.2) is 29.6 Å². The fraction of sp³-hybridized carbons (Fsp3) is 0.182. The number of nitrogens with two attached hydrogens (primary N) is 2. The molecule has 0 aliphatic heterocycles. The number of rotatable bonds is 4. The van der Waals surface area contributed by atoms with Gasteiger partial charge in [-0.1, -0.05) is 6.07 Å². The van der Waals surface area contributed by atoms with Crippen molar-refractivity contribution in [2.24, 2.45) is 11.5 Å². The number of thiophene rings is 2. The molecule has 3 nitrogen and oxygen atoms in total. The van der Waals surface area contributed by atoms with Crippen LogP contribution in [0.25, 0.3) is 9.75 Å². The molecule has 0 aliphatic carbocycles. The van der Waals surface area contributed by atoms with Gasteiger partial charge in [0.25, 0.3) is 0 Å². The number of hydrogen-bond donors (Lipinski definition) is 2. The molecule has 16 heavy (non-hydrogen) atoms. The summed E-state index contributed by atoms with van der Waals surface area (Å²) in [4.78, 5) is 14.2. The van der Waals surface area contributed by atoms with Gasteiger partial charge in [0.15, 0.2) is 0 Å². The van der Waals surface area contributed by atoms with Gasteiger partial charge in [0, 0.05) is 27.1 Å². The summed E-state index contributed by atoms with van der Waals surface area (Å²) in [6.45, 7) is 0. The van der Waals surface area contributed by atoms with Crippen LogP contribution in [0, 0.1) is 0 Å². The fourth-order valence-electron chi connectivity index (χ4n) is 1.42. The third kappa shape index (κ3) is 2.49. The standard InChI is InChI=1S/C11H12N2OS2/c12-7(6-11(13)14)8-3-4-10(16-8)9-2-1-5-15-9/h1-5,7H,6,12H2,(H2,13,14). The summed E-state index contributed by atoms with van der Waals surface area (Å²) in [6.07, 6.45) is 0.199. The summed E-state index contributed by atoms with van der Waals surface area (Å²) >= 11 is 3.31. The molecule has 1 unspecified atom stereocenters. The highest BCUT2D eigenvalue weighted by Crippen LogP contribution is 2.33. The lowest BCUT2D eigenvalue weighted by molar-refractivity contribution is -0.118. The molecule has 84 valence electrons. The van der Waals surface area contributed by atoms with Crippen molar-refractivity contribution in [3.63, 3.8) is 0 Å². The predicted octanol–water partition coefficient (Wildman–Crippen LogP) is 2.35. The van der Waals surface area contributed by atoms with Gasteiger partial charge in [-0.15, -0.1) is 22.7 Å². The molecule has 1 amide bonds. The van der Waals surface area contributed by atoms with Crippen LogP contribution in [0.4, 0.5) is 0 Å². The second kappa shape index (κ2) is 4.78. The van der Waals surface area contributed by atoms with Gasteiger partial charge in [-0.05, 0) is 23.6 Å². The summed E-state index contributed by atoms with van der Waals surface area (Å²) < 4.78 is 0. The molecule has 0 saturated heterocycles. The Morgan fingerprint density at radius 3 is 2.75 bits per heavy atom. The Morgan fingerprint density at radius 2 is 2.12 bits per heavy atom. The molecule has 4 N–H and O–H groups in total. The molecule has 0 fully saturated rings. The summed E-state index contributed by atoms with van der Waals surface area (Å²) in [6, 6.07) is 7.80. The van der Waals surface area contributed by atoms with Crippen LogP contribution in [0.1, 0.15) is 17.3 Å². The molecule has 2 aromatic heterocycles.